The van der Waals surface area contributed by atoms with E-state index in [4.69, 9.17) is 0 Å². The number of hydrogen-bond acceptors (Lipinski definition) is 2. The normalized spacial score (nSPS) is 18.8. The van der Waals surface area contributed by atoms with Crippen molar-refractivity contribution in [3.8, 4) is 0 Å². The maximum Gasteiger partial charge on any atom is 0.0302 e. The van der Waals surface area contributed by atoms with Crippen LogP contribution in [0.1, 0.15) is 31.6 Å². The minimum atomic E-state index is 0.733. The molecule has 1 N–H and O–H groups in total. The molecule has 1 nitrogen and oxygen atoms in total. The van der Waals surface area contributed by atoms with Crippen LogP contribution >= 0.6 is 11.3 Å². The zero-order chi connectivity index (χ0) is 9.97. The fraction of sp³-hybridized carbons (Fsp3) is 0.667. The second-order valence-corrected chi connectivity index (χ2v) is 5.60. The summed E-state index contributed by atoms with van der Waals surface area (Å²) in [5.74, 6) is 1.72. The maximum absolute atomic E-state index is 3.69. The molecule has 0 saturated heterocycles. The molecule has 1 fully saturated rings. The van der Waals surface area contributed by atoms with Crippen LogP contribution in [0, 0.1) is 11.8 Å². The Balaban J connectivity index is 1.82. The fourth-order valence-electron chi connectivity index (χ4n) is 2.03. The van der Waals surface area contributed by atoms with E-state index in [2.05, 4.69) is 36.7 Å². The summed E-state index contributed by atoms with van der Waals surface area (Å²) in [4.78, 5) is 1.45. The predicted octanol–water partition coefficient (Wildman–Crippen LogP) is 3.27. The van der Waals surface area contributed by atoms with Crippen LogP contribution in [0.3, 0.4) is 0 Å². The molecule has 78 valence electrons. The summed E-state index contributed by atoms with van der Waals surface area (Å²) in [7, 11) is 0. The van der Waals surface area contributed by atoms with Crippen molar-refractivity contribution in [1.82, 2.24) is 5.32 Å². The lowest BCUT2D eigenvalue weighted by Crippen LogP contribution is -2.35. The van der Waals surface area contributed by atoms with Gasteiger partial charge in [0.2, 0.25) is 0 Å². The van der Waals surface area contributed by atoms with Gasteiger partial charge in [-0.05, 0) is 36.1 Å². The Bertz CT molecular complexity index is 260. The molecule has 14 heavy (non-hydrogen) atoms. The van der Waals surface area contributed by atoms with Gasteiger partial charge in [-0.1, -0.05) is 19.9 Å². The van der Waals surface area contributed by atoms with Gasteiger partial charge in [-0.2, -0.15) is 0 Å². The highest BCUT2D eigenvalue weighted by atomic mass is 32.1. The molecule has 0 aliphatic heterocycles. The van der Waals surface area contributed by atoms with E-state index in [0.29, 0.717) is 0 Å². The summed E-state index contributed by atoms with van der Waals surface area (Å²) in [5.41, 5.74) is 0. The third kappa shape index (κ3) is 2.58. The van der Waals surface area contributed by atoms with Gasteiger partial charge >= 0.3 is 0 Å². The number of nitrogens with one attached hydrogen (secondary N) is 1. The molecule has 0 aromatic carbocycles. The maximum atomic E-state index is 3.69. The Morgan fingerprint density at radius 2 is 2.29 bits per heavy atom. The van der Waals surface area contributed by atoms with Crippen molar-refractivity contribution < 1.29 is 0 Å². The standard InChI is InChI=1S/C12H19NS/c1-9(2)12(10-5-6-10)13-8-11-4-3-7-14-11/h3-4,7,9-10,12-13H,5-6,8H2,1-2H3. The quantitative estimate of drug-likeness (QED) is 0.785. The van der Waals surface area contributed by atoms with Crippen LogP contribution in [0.4, 0.5) is 0 Å². The minimum Gasteiger partial charge on any atom is -0.309 e. The first-order chi connectivity index (χ1) is 6.77. The van der Waals surface area contributed by atoms with Gasteiger partial charge in [0, 0.05) is 17.5 Å². The lowest BCUT2D eigenvalue weighted by atomic mass is 9.99. The molecular weight excluding hydrogens is 190 g/mol. The fourth-order valence-corrected chi connectivity index (χ4v) is 2.69. The van der Waals surface area contributed by atoms with Gasteiger partial charge < -0.3 is 5.32 Å². The van der Waals surface area contributed by atoms with Crippen molar-refractivity contribution >= 4 is 11.3 Å². The van der Waals surface area contributed by atoms with Crippen LogP contribution in [-0.2, 0) is 6.54 Å². The molecule has 2 heteroatoms. The first-order valence-electron chi connectivity index (χ1n) is 5.53. The zero-order valence-corrected chi connectivity index (χ0v) is 9.81. The van der Waals surface area contributed by atoms with E-state index in [-0.39, 0.29) is 0 Å². The highest BCUT2D eigenvalue weighted by Crippen LogP contribution is 2.35. The van der Waals surface area contributed by atoms with Crippen LogP contribution in [0.5, 0.6) is 0 Å². The number of thiophene rings is 1. The van der Waals surface area contributed by atoms with Crippen LogP contribution in [-0.4, -0.2) is 6.04 Å². The van der Waals surface area contributed by atoms with Gasteiger partial charge in [0.1, 0.15) is 0 Å². The Kier molecular flexibility index (Phi) is 3.24. The summed E-state index contributed by atoms with van der Waals surface area (Å²) in [6, 6.07) is 5.07. The van der Waals surface area contributed by atoms with E-state index in [1.807, 2.05) is 11.3 Å². The van der Waals surface area contributed by atoms with Gasteiger partial charge in [0.25, 0.3) is 0 Å². The molecule has 1 atom stereocenters. The lowest BCUT2D eigenvalue weighted by Gasteiger charge is -2.21. The van der Waals surface area contributed by atoms with Crippen molar-refractivity contribution in [2.75, 3.05) is 0 Å². The first-order valence-corrected chi connectivity index (χ1v) is 6.41. The highest BCUT2D eigenvalue weighted by molar-refractivity contribution is 7.09. The van der Waals surface area contributed by atoms with Gasteiger partial charge in [-0.15, -0.1) is 11.3 Å². The van der Waals surface area contributed by atoms with Gasteiger partial charge in [-0.3, -0.25) is 0 Å². The van der Waals surface area contributed by atoms with E-state index < -0.39 is 0 Å². The second kappa shape index (κ2) is 4.45. The van der Waals surface area contributed by atoms with Crippen molar-refractivity contribution in [2.45, 2.75) is 39.3 Å². The molecule has 1 unspecified atom stereocenters. The summed E-state index contributed by atoms with van der Waals surface area (Å²) >= 11 is 1.85. The van der Waals surface area contributed by atoms with E-state index in [1.54, 1.807) is 0 Å². The van der Waals surface area contributed by atoms with E-state index in [1.165, 1.54) is 17.7 Å². The molecule has 1 aromatic rings. The van der Waals surface area contributed by atoms with Crippen molar-refractivity contribution in [1.29, 1.82) is 0 Å². The zero-order valence-electron chi connectivity index (χ0n) is 8.99. The van der Waals surface area contributed by atoms with Crippen LogP contribution in [0.15, 0.2) is 17.5 Å². The summed E-state index contributed by atoms with van der Waals surface area (Å²) in [6.45, 7) is 5.70. The Hall–Kier alpha value is -0.340. The molecule has 1 heterocycles. The molecule has 0 bridgehead atoms. The Morgan fingerprint density at radius 1 is 1.50 bits per heavy atom. The van der Waals surface area contributed by atoms with Gasteiger partial charge in [0.05, 0.1) is 0 Å². The monoisotopic (exact) mass is 209 g/mol. The third-order valence-electron chi connectivity index (χ3n) is 2.94. The smallest absolute Gasteiger partial charge is 0.0302 e. The van der Waals surface area contributed by atoms with E-state index in [9.17, 15) is 0 Å². The Labute approximate surface area is 90.5 Å². The average molecular weight is 209 g/mol. The summed E-state index contributed by atoms with van der Waals surface area (Å²) in [6.07, 6.45) is 2.86. The molecule has 1 aliphatic carbocycles. The molecule has 1 aromatic heterocycles. The minimum absolute atomic E-state index is 0.733. The van der Waals surface area contributed by atoms with Crippen LogP contribution < -0.4 is 5.32 Å². The average Bonchev–Trinajstić information content (AvgIpc) is 2.82. The van der Waals surface area contributed by atoms with E-state index in [0.717, 1.165) is 24.4 Å². The molecule has 1 saturated carbocycles. The SMILES string of the molecule is CC(C)C(NCc1cccs1)C1CC1. The summed E-state index contributed by atoms with van der Waals surface area (Å²) < 4.78 is 0. The Morgan fingerprint density at radius 3 is 2.79 bits per heavy atom. The van der Waals surface area contributed by atoms with Crippen molar-refractivity contribution in [2.24, 2.45) is 11.8 Å². The third-order valence-corrected chi connectivity index (χ3v) is 3.82. The molecule has 1 aliphatic rings. The van der Waals surface area contributed by atoms with Crippen molar-refractivity contribution in [3.05, 3.63) is 22.4 Å². The summed E-state index contributed by atoms with van der Waals surface area (Å²) in [5, 5.41) is 5.85. The predicted molar refractivity (Wildman–Crippen MR) is 62.5 cm³/mol. The molecule has 0 radical (unpaired) electrons. The number of rotatable bonds is 5. The molecular formula is C12H19NS. The first kappa shape index (κ1) is 10.2. The number of hydrogen-bond donors (Lipinski definition) is 1. The van der Waals surface area contributed by atoms with Gasteiger partial charge in [0.15, 0.2) is 0 Å². The van der Waals surface area contributed by atoms with E-state index >= 15 is 0 Å². The second-order valence-electron chi connectivity index (χ2n) is 4.57. The van der Waals surface area contributed by atoms with Crippen LogP contribution in [0.25, 0.3) is 0 Å². The van der Waals surface area contributed by atoms with Gasteiger partial charge in [-0.25, -0.2) is 0 Å². The topological polar surface area (TPSA) is 12.0 Å². The molecule has 2 rings (SSSR count). The largest absolute Gasteiger partial charge is 0.309 e. The highest BCUT2D eigenvalue weighted by Gasteiger charge is 2.32. The molecule has 0 amide bonds. The molecule has 0 spiro atoms. The van der Waals surface area contributed by atoms with Crippen LogP contribution in [0.2, 0.25) is 0 Å². The van der Waals surface area contributed by atoms with Crippen molar-refractivity contribution in [3.63, 3.8) is 0 Å². The lowest BCUT2D eigenvalue weighted by molar-refractivity contribution is 0.360.